The monoisotopic (exact) mass is 273 g/mol. The quantitative estimate of drug-likeness (QED) is 0.889. The third kappa shape index (κ3) is 3.21. The number of amides is 1. The highest BCUT2D eigenvalue weighted by molar-refractivity contribution is 5.77. The molecular weight excluding hydrogens is 248 g/mol. The zero-order valence-electron chi connectivity index (χ0n) is 12.2. The van der Waals surface area contributed by atoms with E-state index in [1.54, 1.807) is 0 Å². The van der Waals surface area contributed by atoms with E-state index in [9.17, 15) is 4.79 Å². The van der Waals surface area contributed by atoms with Crippen molar-refractivity contribution in [1.29, 1.82) is 0 Å². The van der Waals surface area contributed by atoms with Crippen LogP contribution in [0.1, 0.15) is 43.2 Å². The standard InChI is InChI=1S/C17H24N2O/c20-17(12-18-16-8-2-1-3-9-16)19-11-10-14-6-4-5-7-15(14)13-19/h4-7,16,18H,1-3,8-13H2/p+1. The summed E-state index contributed by atoms with van der Waals surface area (Å²) in [6.07, 6.45) is 7.64. The zero-order chi connectivity index (χ0) is 13.8. The van der Waals surface area contributed by atoms with E-state index >= 15 is 0 Å². The van der Waals surface area contributed by atoms with Gasteiger partial charge in [-0.15, -0.1) is 0 Å². The molecular formula is C17H25N2O+. The Labute approximate surface area is 121 Å². The Hall–Kier alpha value is -1.35. The van der Waals surface area contributed by atoms with Gasteiger partial charge in [0.2, 0.25) is 0 Å². The molecule has 0 bridgehead atoms. The average molecular weight is 273 g/mol. The van der Waals surface area contributed by atoms with Crippen LogP contribution in [0, 0.1) is 0 Å². The van der Waals surface area contributed by atoms with Gasteiger partial charge in [0.15, 0.2) is 6.54 Å². The molecule has 1 amide bonds. The first-order chi connectivity index (χ1) is 9.83. The van der Waals surface area contributed by atoms with Crippen LogP contribution in [-0.4, -0.2) is 29.9 Å². The maximum Gasteiger partial charge on any atom is 0.278 e. The SMILES string of the molecule is O=C(C[NH2+]C1CCCCC1)N1CCc2ccccc2C1. The van der Waals surface area contributed by atoms with Crippen molar-refractivity contribution in [3.63, 3.8) is 0 Å². The molecule has 1 aromatic rings. The lowest BCUT2D eigenvalue weighted by Crippen LogP contribution is -2.92. The van der Waals surface area contributed by atoms with E-state index < -0.39 is 0 Å². The molecule has 0 unspecified atom stereocenters. The van der Waals surface area contributed by atoms with Crippen LogP contribution in [0.15, 0.2) is 24.3 Å². The highest BCUT2D eigenvalue weighted by atomic mass is 16.2. The summed E-state index contributed by atoms with van der Waals surface area (Å²) in [4.78, 5) is 14.4. The average Bonchev–Trinajstić information content (AvgIpc) is 2.53. The van der Waals surface area contributed by atoms with Crippen molar-refractivity contribution in [2.75, 3.05) is 13.1 Å². The Kier molecular flexibility index (Phi) is 4.36. The van der Waals surface area contributed by atoms with Crippen LogP contribution in [0.2, 0.25) is 0 Å². The molecule has 3 rings (SSSR count). The van der Waals surface area contributed by atoms with E-state index in [2.05, 4.69) is 29.6 Å². The highest BCUT2D eigenvalue weighted by Crippen LogP contribution is 2.18. The third-order valence-corrected chi connectivity index (χ3v) is 4.76. The zero-order valence-corrected chi connectivity index (χ0v) is 12.2. The summed E-state index contributed by atoms with van der Waals surface area (Å²) in [5, 5.41) is 2.28. The minimum Gasteiger partial charge on any atom is -0.336 e. The largest absolute Gasteiger partial charge is 0.336 e. The molecule has 2 aliphatic rings. The fourth-order valence-electron chi connectivity index (χ4n) is 3.48. The van der Waals surface area contributed by atoms with Crippen LogP contribution < -0.4 is 5.32 Å². The molecule has 0 atom stereocenters. The summed E-state index contributed by atoms with van der Waals surface area (Å²) in [7, 11) is 0. The van der Waals surface area contributed by atoms with Crippen molar-refractivity contribution in [3.8, 4) is 0 Å². The van der Waals surface area contributed by atoms with Crippen LogP contribution in [0.3, 0.4) is 0 Å². The van der Waals surface area contributed by atoms with Gasteiger partial charge >= 0.3 is 0 Å². The van der Waals surface area contributed by atoms with E-state index in [0.29, 0.717) is 18.5 Å². The van der Waals surface area contributed by atoms with Crippen LogP contribution >= 0.6 is 0 Å². The molecule has 1 aliphatic heterocycles. The van der Waals surface area contributed by atoms with Crippen LogP contribution in [0.25, 0.3) is 0 Å². The number of carbonyl (C=O) groups is 1. The second-order valence-electron chi connectivity index (χ2n) is 6.17. The van der Waals surface area contributed by atoms with Crippen molar-refractivity contribution in [2.24, 2.45) is 0 Å². The number of nitrogens with zero attached hydrogens (tertiary/aromatic N) is 1. The molecule has 0 saturated heterocycles. The Morgan fingerprint density at radius 3 is 2.70 bits per heavy atom. The Balaban J connectivity index is 1.51. The number of carbonyl (C=O) groups excluding carboxylic acids is 1. The molecule has 0 spiro atoms. The minimum absolute atomic E-state index is 0.310. The summed E-state index contributed by atoms with van der Waals surface area (Å²) in [5.74, 6) is 0.310. The van der Waals surface area contributed by atoms with Gasteiger partial charge in [0.25, 0.3) is 5.91 Å². The second-order valence-corrected chi connectivity index (χ2v) is 6.17. The topological polar surface area (TPSA) is 36.9 Å². The Morgan fingerprint density at radius 1 is 1.15 bits per heavy atom. The number of hydrogen-bond acceptors (Lipinski definition) is 1. The van der Waals surface area contributed by atoms with Crippen molar-refractivity contribution >= 4 is 5.91 Å². The van der Waals surface area contributed by atoms with E-state index in [0.717, 1.165) is 19.5 Å². The van der Waals surface area contributed by atoms with Gasteiger partial charge in [0.1, 0.15) is 0 Å². The summed E-state index contributed by atoms with van der Waals surface area (Å²) >= 11 is 0. The smallest absolute Gasteiger partial charge is 0.278 e. The summed E-state index contributed by atoms with van der Waals surface area (Å²) in [5.41, 5.74) is 2.73. The van der Waals surface area contributed by atoms with Crippen molar-refractivity contribution in [2.45, 2.75) is 51.1 Å². The summed E-state index contributed by atoms with van der Waals surface area (Å²) in [6, 6.07) is 9.18. The fourth-order valence-corrected chi connectivity index (χ4v) is 3.48. The van der Waals surface area contributed by atoms with Crippen molar-refractivity contribution < 1.29 is 10.1 Å². The number of quaternary nitrogens is 1. The van der Waals surface area contributed by atoms with E-state index in [-0.39, 0.29) is 0 Å². The lowest BCUT2D eigenvalue weighted by molar-refractivity contribution is -0.682. The molecule has 1 heterocycles. The first-order valence-electron chi connectivity index (χ1n) is 8.01. The molecule has 3 nitrogen and oxygen atoms in total. The molecule has 1 fully saturated rings. The molecule has 0 aromatic heterocycles. The number of rotatable bonds is 3. The van der Waals surface area contributed by atoms with Gasteiger partial charge in [0.05, 0.1) is 6.04 Å². The molecule has 108 valence electrons. The van der Waals surface area contributed by atoms with Crippen molar-refractivity contribution in [1.82, 2.24) is 4.90 Å². The molecule has 3 heteroatoms. The van der Waals surface area contributed by atoms with Gasteiger partial charge in [0, 0.05) is 13.1 Å². The van der Waals surface area contributed by atoms with Crippen molar-refractivity contribution in [3.05, 3.63) is 35.4 Å². The van der Waals surface area contributed by atoms with Gasteiger partial charge in [-0.1, -0.05) is 30.7 Å². The number of benzene rings is 1. The maximum absolute atomic E-state index is 12.3. The highest BCUT2D eigenvalue weighted by Gasteiger charge is 2.23. The van der Waals surface area contributed by atoms with Gasteiger partial charge < -0.3 is 10.2 Å². The summed E-state index contributed by atoms with van der Waals surface area (Å²) in [6.45, 7) is 2.31. The first kappa shape index (κ1) is 13.6. The molecule has 1 aromatic carbocycles. The Bertz CT molecular complexity index is 466. The molecule has 0 radical (unpaired) electrons. The van der Waals surface area contributed by atoms with Crippen LogP contribution in [0.5, 0.6) is 0 Å². The second kappa shape index (κ2) is 6.40. The van der Waals surface area contributed by atoms with Crippen LogP contribution in [0.4, 0.5) is 0 Å². The van der Waals surface area contributed by atoms with Gasteiger partial charge in [-0.3, -0.25) is 4.79 Å². The molecule has 2 N–H and O–H groups in total. The lowest BCUT2D eigenvalue weighted by atomic mass is 9.95. The molecule has 20 heavy (non-hydrogen) atoms. The Morgan fingerprint density at radius 2 is 1.90 bits per heavy atom. The van der Waals surface area contributed by atoms with E-state index in [4.69, 9.17) is 0 Å². The molecule has 1 aliphatic carbocycles. The van der Waals surface area contributed by atoms with E-state index in [1.165, 1.54) is 43.2 Å². The predicted molar refractivity (Wildman–Crippen MR) is 79.2 cm³/mol. The van der Waals surface area contributed by atoms with Crippen LogP contribution in [-0.2, 0) is 17.8 Å². The van der Waals surface area contributed by atoms with Gasteiger partial charge in [-0.2, -0.15) is 0 Å². The minimum atomic E-state index is 0.310. The number of fused-ring (bicyclic) bond motifs is 1. The normalized spacial score (nSPS) is 19.7. The third-order valence-electron chi connectivity index (χ3n) is 4.76. The van der Waals surface area contributed by atoms with Gasteiger partial charge in [-0.05, 0) is 43.2 Å². The van der Waals surface area contributed by atoms with Gasteiger partial charge in [-0.25, -0.2) is 0 Å². The fraction of sp³-hybridized carbons (Fsp3) is 0.588. The first-order valence-corrected chi connectivity index (χ1v) is 8.01. The number of nitrogens with two attached hydrogens (primary N) is 1. The summed E-state index contributed by atoms with van der Waals surface area (Å²) < 4.78 is 0. The molecule has 1 saturated carbocycles. The number of hydrogen-bond donors (Lipinski definition) is 1. The lowest BCUT2D eigenvalue weighted by Gasteiger charge is -2.29. The predicted octanol–water partition coefficient (Wildman–Crippen LogP) is 1.47. The van der Waals surface area contributed by atoms with E-state index in [1.807, 2.05) is 4.90 Å². The maximum atomic E-state index is 12.3.